The number of nitrogens with zero attached hydrogens (tertiary/aromatic N) is 1. The first-order chi connectivity index (χ1) is 28.8. The van der Waals surface area contributed by atoms with Gasteiger partial charge in [-0.05, 0) is 140 Å². The largest absolute Gasteiger partial charge is 0.310 e. The monoisotopic (exact) mass is 767 g/mol. The highest BCUT2D eigenvalue weighted by Gasteiger charge is 2.38. The molecule has 11 rings (SSSR count). The van der Waals surface area contributed by atoms with Crippen molar-refractivity contribution in [2.45, 2.75) is 115 Å². The van der Waals surface area contributed by atoms with E-state index in [1.165, 1.54) is 148 Å². The number of hydrogen-bond donors (Lipinski definition) is 0. The van der Waals surface area contributed by atoms with E-state index in [2.05, 4.69) is 172 Å². The van der Waals surface area contributed by atoms with Crippen LogP contribution in [0.5, 0.6) is 0 Å². The summed E-state index contributed by atoms with van der Waals surface area (Å²) in [6, 6.07) is 54.6. The van der Waals surface area contributed by atoms with Gasteiger partial charge in [-0.15, -0.1) is 0 Å². The fourth-order valence-electron chi connectivity index (χ4n) is 12.1. The second-order valence-electron chi connectivity index (χ2n) is 19.3. The van der Waals surface area contributed by atoms with Crippen LogP contribution in [0.25, 0.3) is 44.2 Å². The Labute approximate surface area is 352 Å². The Morgan fingerprint density at radius 1 is 0.441 bits per heavy atom. The first-order valence-corrected chi connectivity index (χ1v) is 22.7. The molecule has 0 spiro atoms. The summed E-state index contributed by atoms with van der Waals surface area (Å²) in [5.74, 6) is 1.23. The van der Waals surface area contributed by atoms with Crippen LogP contribution in [0.15, 0.2) is 140 Å². The van der Waals surface area contributed by atoms with E-state index in [0.29, 0.717) is 11.8 Å². The zero-order valence-corrected chi connectivity index (χ0v) is 35.5. The molecule has 2 fully saturated rings. The van der Waals surface area contributed by atoms with Crippen molar-refractivity contribution in [1.82, 2.24) is 0 Å². The quantitative estimate of drug-likeness (QED) is 0.163. The van der Waals surface area contributed by atoms with E-state index in [1.807, 2.05) is 0 Å². The molecule has 1 nitrogen and oxygen atoms in total. The Balaban J connectivity index is 1.18. The summed E-state index contributed by atoms with van der Waals surface area (Å²) in [5.41, 5.74) is 20.6. The Morgan fingerprint density at radius 3 is 1.78 bits per heavy atom. The molecule has 59 heavy (non-hydrogen) atoms. The molecule has 0 aromatic heterocycles. The zero-order chi connectivity index (χ0) is 39.9. The Hall–Kier alpha value is -5.40. The van der Waals surface area contributed by atoms with Gasteiger partial charge in [0.15, 0.2) is 0 Å². The van der Waals surface area contributed by atoms with Crippen LogP contribution in [0.1, 0.15) is 137 Å². The van der Waals surface area contributed by atoms with Crippen LogP contribution in [0, 0.1) is 0 Å². The molecule has 7 aromatic carbocycles. The average Bonchev–Trinajstić information content (AvgIpc) is 3.66. The van der Waals surface area contributed by atoms with Crippen LogP contribution in [0.2, 0.25) is 0 Å². The summed E-state index contributed by atoms with van der Waals surface area (Å²) in [6.07, 6.45) is 13.3. The van der Waals surface area contributed by atoms with E-state index in [0.717, 1.165) is 0 Å². The summed E-state index contributed by atoms with van der Waals surface area (Å²) in [5, 5.41) is 2.58. The fourth-order valence-corrected chi connectivity index (χ4v) is 12.1. The minimum absolute atomic E-state index is 0.0485. The van der Waals surface area contributed by atoms with E-state index < -0.39 is 0 Å². The van der Waals surface area contributed by atoms with Gasteiger partial charge in [-0.3, -0.25) is 0 Å². The van der Waals surface area contributed by atoms with Gasteiger partial charge in [0.1, 0.15) is 0 Å². The molecule has 4 aliphatic carbocycles. The van der Waals surface area contributed by atoms with E-state index in [1.54, 1.807) is 11.1 Å². The average molecular weight is 768 g/mol. The highest BCUT2D eigenvalue weighted by molar-refractivity contribution is 6.06. The molecular formula is C58H57N. The summed E-state index contributed by atoms with van der Waals surface area (Å²) in [7, 11) is 0. The van der Waals surface area contributed by atoms with Crippen LogP contribution in [0.3, 0.4) is 0 Å². The molecule has 0 heterocycles. The molecule has 0 N–H and O–H groups in total. The highest BCUT2D eigenvalue weighted by Crippen LogP contribution is 2.55. The van der Waals surface area contributed by atoms with Crippen molar-refractivity contribution in [3.05, 3.63) is 173 Å². The molecule has 7 aromatic rings. The number of fused-ring (bicyclic) bond motifs is 7. The molecule has 4 aliphatic rings. The van der Waals surface area contributed by atoms with Gasteiger partial charge in [0.05, 0.1) is 5.69 Å². The van der Waals surface area contributed by atoms with Gasteiger partial charge in [0.25, 0.3) is 0 Å². The standard InChI is InChI=1S/C58H57N/c1-57(2)51-26-16-14-24-46(51)49-37-43(30-32-52(49)57)59(54-33-29-41(38-17-7-5-8-18-38)35-48(54)39-19-9-6-10-20-39)55-34-28-40-21-11-12-22-44(40)56(55)42-27-31-47-45-23-13-15-25-50(45)58(3,4)53(47)36-42/h11-16,21-39H,5-10,17-20H2,1-4H3. The maximum absolute atomic E-state index is 2.69. The van der Waals surface area contributed by atoms with Crippen LogP contribution in [-0.4, -0.2) is 0 Å². The van der Waals surface area contributed by atoms with Crippen LogP contribution in [-0.2, 0) is 10.8 Å². The maximum atomic E-state index is 2.69. The smallest absolute Gasteiger partial charge is 0.0546 e. The minimum atomic E-state index is -0.0876. The molecule has 0 amide bonds. The fraction of sp³-hybridized carbons (Fsp3) is 0.310. The lowest BCUT2D eigenvalue weighted by Crippen LogP contribution is -2.18. The van der Waals surface area contributed by atoms with Crippen molar-refractivity contribution in [2.24, 2.45) is 0 Å². The molecule has 0 aliphatic heterocycles. The Kier molecular flexibility index (Phi) is 8.77. The van der Waals surface area contributed by atoms with E-state index in [-0.39, 0.29) is 10.8 Å². The maximum Gasteiger partial charge on any atom is 0.0546 e. The SMILES string of the molecule is CC1(C)c2ccccc2-c2cc(N(c3ccc(C4CCCCC4)cc3C3CCCCC3)c3ccc4ccccc4c3-c3ccc4c(c3)C(C)(C)c3ccccc3-4)ccc21. The van der Waals surface area contributed by atoms with Crippen molar-refractivity contribution in [2.75, 3.05) is 4.90 Å². The van der Waals surface area contributed by atoms with Crippen LogP contribution < -0.4 is 4.90 Å². The third kappa shape index (κ3) is 5.86. The van der Waals surface area contributed by atoms with Gasteiger partial charge in [-0.25, -0.2) is 0 Å². The third-order valence-corrected chi connectivity index (χ3v) is 15.3. The third-order valence-electron chi connectivity index (χ3n) is 15.3. The van der Waals surface area contributed by atoms with Gasteiger partial charge in [-0.2, -0.15) is 0 Å². The predicted molar refractivity (Wildman–Crippen MR) is 251 cm³/mol. The summed E-state index contributed by atoms with van der Waals surface area (Å²) >= 11 is 0. The van der Waals surface area contributed by atoms with Gasteiger partial charge >= 0.3 is 0 Å². The summed E-state index contributed by atoms with van der Waals surface area (Å²) < 4.78 is 0. The Morgan fingerprint density at radius 2 is 1.03 bits per heavy atom. The lowest BCUT2D eigenvalue weighted by Gasteiger charge is -2.35. The molecule has 0 saturated heterocycles. The Bertz CT molecular complexity index is 2750. The number of benzene rings is 7. The number of anilines is 3. The van der Waals surface area contributed by atoms with E-state index >= 15 is 0 Å². The zero-order valence-electron chi connectivity index (χ0n) is 35.5. The van der Waals surface area contributed by atoms with Crippen LogP contribution in [0.4, 0.5) is 17.1 Å². The molecule has 0 unspecified atom stereocenters. The van der Waals surface area contributed by atoms with Gasteiger partial charge in [0.2, 0.25) is 0 Å². The van der Waals surface area contributed by atoms with Crippen molar-refractivity contribution in [3.63, 3.8) is 0 Å². The lowest BCUT2D eigenvalue weighted by atomic mass is 9.79. The lowest BCUT2D eigenvalue weighted by molar-refractivity contribution is 0.436. The molecule has 2 saturated carbocycles. The highest BCUT2D eigenvalue weighted by atomic mass is 15.1. The molecule has 0 radical (unpaired) electrons. The van der Waals surface area contributed by atoms with Crippen molar-refractivity contribution >= 4 is 27.8 Å². The topological polar surface area (TPSA) is 3.24 Å². The second-order valence-corrected chi connectivity index (χ2v) is 19.3. The van der Waals surface area contributed by atoms with Crippen molar-refractivity contribution < 1.29 is 0 Å². The molecule has 1 heteroatoms. The van der Waals surface area contributed by atoms with Crippen molar-refractivity contribution in [1.29, 1.82) is 0 Å². The predicted octanol–water partition coefficient (Wildman–Crippen LogP) is 16.7. The summed E-state index contributed by atoms with van der Waals surface area (Å²) in [6.45, 7) is 9.61. The summed E-state index contributed by atoms with van der Waals surface area (Å²) in [4.78, 5) is 2.69. The second kappa shape index (κ2) is 14.1. The van der Waals surface area contributed by atoms with Gasteiger partial charge < -0.3 is 4.90 Å². The first-order valence-electron chi connectivity index (χ1n) is 22.7. The molecule has 294 valence electrons. The first kappa shape index (κ1) is 36.7. The van der Waals surface area contributed by atoms with E-state index in [4.69, 9.17) is 0 Å². The van der Waals surface area contributed by atoms with Crippen molar-refractivity contribution in [3.8, 4) is 33.4 Å². The van der Waals surface area contributed by atoms with Crippen LogP contribution >= 0.6 is 0 Å². The molecule has 0 bridgehead atoms. The number of hydrogen-bond acceptors (Lipinski definition) is 1. The normalized spacial score (nSPS) is 18.0. The van der Waals surface area contributed by atoms with Gasteiger partial charge in [0, 0.05) is 27.8 Å². The minimum Gasteiger partial charge on any atom is -0.310 e. The molecular weight excluding hydrogens is 711 g/mol. The number of rotatable bonds is 6. The van der Waals surface area contributed by atoms with E-state index in [9.17, 15) is 0 Å². The van der Waals surface area contributed by atoms with Gasteiger partial charge in [-0.1, -0.05) is 175 Å². The molecule has 0 atom stereocenters.